The number of amides is 2. The first-order chi connectivity index (χ1) is 7.28. The lowest BCUT2D eigenvalue weighted by atomic mass is 10.2. The second kappa shape index (κ2) is 4.59. The fraction of sp³-hybridized carbons (Fsp3) is 0.800. The van der Waals surface area contributed by atoms with Gasteiger partial charge in [0.25, 0.3) is 0 Å². The van der Waals surface area contributed by atoms with Crippen LogP contribution in [0.3, 0.4) is 0 Å². The lowest BCUT2D eigenvalue weighted by Gasteiger charge is -2.21. The van der Waals surface area contributed by atoms with Gasteiger partial charge in [0.05, 0.1) is 6.04 Å². The molecule has 0 bridgehead atoms. The second-order valence-electron chi connectivity index (χ2n) is 4.86. The molecule has 1 heterocycles. The summed E-state index contributed by atoms with van der Waals surface area (Å²) in [6.07, 6.45) is -0.816. The van der Waals surface area contributed by atoms with Crippen LogP contribution >= 0.6 is 0 Å². The van der Waals surface area contributed by atoms with Gasteiger partial charge in [0, 0.05) is 13.1 Å². The normalized spacial score (nSPS) is 20.7. The summed E-state index contributed by atoms with van der Waals surface area (Å²) in [5.74, 6) is 0. The van der Waals surface area contributed by atoms with Crippen LogP contribution in [0.2, 0.25) is 0 Å². The lowest BCUT2D eigenvalue weighted by molar-refractivity contribution is 0.0505. The molecule has 0 radical (unpaired) electrons. The smallest absolute Gasteiger partial charge is 0.407 e. The van der Waals surface area contributed by atoms with Gasteiger partial charge in [-0.15, -0.1) is 0 Å². The number of nitrogens with zero attached hydrogens (tertiary/aromatic N) is 1. The van der Waals surface area contributed by atoms with Crippen molar-refractivity contribution in [3.05, 3.63) is 0 Å². The van der Waals surface area contributed by atoms with Gasteiger partial charge in [-0.1, -0.05) is 0 Å². The van der Waals surface area contributed by atoms with E-state index in [0.29, 0.717) is 19.5 Å². The number of carboxylic acid groups (broad SMARTS) is 1. The van der Waals surface area contributed by atoms with Crippen molar-refractivity contribution in [2.45, 2.75) is 38.8 Å². The van der Waals surface area contributed by atoms with Crippen molar-refractivity contribution in [2.75, 3.05) is 13.1 Å². The maximum absolute atomic E-state index is 11.4. The zero-order chi connectivity index (χ0) is 12.3. The van der Waals surface area contributed by atoms with Crippen molar-refractivity contribution >= 4 is 12.2 Å². The number of rotatable bonds is 1. The minimum atomic E-state index is -0.950. The Kier molecular flexibility index (Phi) is 3.62. The Hall–Kier alpha value is -1.46. The van der Waals surface area contributed by atoms with E-state index in [2.05, 4.69) is 5.32 Å². The summed E-state index contributed by atoms with van der Waals surface area (Å²) < 4.78 is 5.08. The molecular weight excluding hydrogens is 212 g/mol. The first kappa shape index (κ1) is 12.6. The monoisotopic (exact) mass is 230 g/mol. The van der Waals surface area contributed by atoms with Gasteiger partial charge in [0.1, 0.15) is 5.60 Å². The Morgan fingerprint density at radius 2 is 2.06 bits per heavy atom. The summed E-state index contributed by atoms with van der Waals surface area (Å²) in [5, 5.41) is 11.4. The van der Waals surface area contributed by atoms with Gasteiger partial charge in [-0.25, -0.2) is 9.59 Å². The van der Waals surface area contributed by atoms with Crippen LogP contribution in [0, 0.1) is 0 Å². The first-order valence-corrected chi connectivity index (χ1v) is 5.25. The van der Waals surface area contributed by atoms with Gasteiger partial charge in [0.2, 0.25) is 0 Å². The molecule has 1 fully saturated rings. The summed E-state index contributed by atoms with van der Waals surface area (Å²) in [6, 6.07) is -0.147. The molecule has 2 N–H and O–H groups in total. The highest BCUT2D eigenvalue weighted by Gasteiger charge is 2.28. The van der Waals surface area contributed by atoms with E-state index in [-0.39, 0.29) is 6.04 Å². The third-order valence-electron chi connectivity index (χ3n) is 2.18. The largest absolute Gasteiger partial charge is 0.465 e. The SMILES string of the molecule is CC(C)(C)OC(=O)NC1CCN(C(=O)O)C1. The predicted molar refractivity (Wildman–Crippen MR) is 57.4 cm³/mol. The highest BCUT2D eigenvalue weighted by molar-refractivity contribution is 5.69. The molecule has 0 aliphatic carbocycles. The third kappa shape index (κ3) is 3.96. The summed E-state index contributed by atoms with van der Waals surface area (Å²) in [6.45, 7) is 6.13. The maximum atomic E-state index is 11.4. The number of hydrogen-bond acceptors (Lipinski definition) is 3. The number of nitrogens with one attached hydrogen (secondary N) is 1. The lowest BCUT2D eigenvalue weighted by Crippen LogP contribution is -2.41. The average molecular weight is 230 g/mol. The minimum absolute atomic E-state index is 0.147. The molecule has 6 heteroatoms. The molecule has 0 aromatic heterocycles. The van der Waals surface area contributed by atoms with Crippen LogP contribution in [0.4, 0.5) is 9.59 Å². The van der Waals surface area contributed by atoms with E-state index in [1.807, 2.05) is 0 Å². The Morgan fingerprint density at radius 1 is 1.44 bits per heavy atom. The maximum Gasteiger partial charge on any atom is 0.407 e. The van der Waals surface area contributed by atoms with E-state index in [1.165, 1.54) is 4.90 Å². The Balaban J connectivity index is 2.34. The summed E-state index contributed by atoms with van der Waals surface area (Å²) in [4.78, 5) is 23.3. The molecule has 16 heavy (non-hydrogen) atoms. The molecule has 6 nitrogen and oxygen atoms in total. The number of likely N-dealkylation sites (tertiary alicyclic amines) is 1. The molecule has 1 unspecified atom stereocenters. The number of carbonyl (C=O) groups excluding carboxylic acids is 1. The highest BCUT2D eigenvalue weighted by atomic mass is 16.6. The van der Waals surface area contributed by atoms with E-state index in [4.69, 9.17) is 9.84 Å². The third-order valence-corrected chi connectivity index (χ3v) is 2.18. The van der Waals surface area contributed by atoms with Gasteiger partial charge in [-0.3, -0.25) is 0 Å². The van der Waals surface area contributed by atoms with E-state index in [9.17, 15) is 9.59 Å². The fourth-order valence-electron chi connectivity index (χ4n) is 1.53. The van der Waals surface area contributed by atoms with Gasteiger partial charge in [-0.05, 0) is 27.2 Å². The topological polar surface area (TPSA) is 78.9 Å². The Bertz CT molecular complexity index is 285. The van der Waals surface area contributed by atoms with Crippen LogP contribution in [0.15, 0.2) is 0 Å². The molecule has 92 valence electrons. The van der Waals surface area contributed by atoms with Crippen LogP contribution in [-0.2, 0) is 4.74 Å². The first-order valence-electron chi connectivity index (χ1n) is 5.25. The van der Waals surface area contributed by atoms with Gasteiger partial charge < -0.3 is 20.1 Å². The molecule has 0 spiro atoms. The molecular formula is C10H18N2O4. The Labute approximate surface area is 94.6 Å². The fourth-order valence-corrected chi connectivity index (χ4v) is 1.53. The van der Waals surface area contributed by atoms with Crippen molar-refractivity contribution < 1.29 is 19.4 Å². The highest BCUT2D eigenvalue weighted by Crippen LogP contribution is 2.11. The van der Waals surface area contributed by atoms with Crippen molar-refractivity contribution in [2.24, 2.45) is 0 Å². The summed E-state index contributed by atoms with van der Waals surface area (Å²) >= 11 is 0. The molecule has 1 saturated heterocycles. The van der Waals surface area contributed by atoms with E-state index in [0.717, 1.165) is 0 Å². The van der Waals surface area contributed by atoms with Gasteiger partial charge in [0.15, 0.2) is 0 Å². The van der Waals surface area contributed by atoms with Gasteiger partial charge in [-0.2, -0.15) is 0 Å². The molecule has 0 aromatic carbocycles. The van der Waals surface area contributed by atoms with E-state index in [1.54, 1.807) is 20.8 Å². The summed E-state index contributed by atoms with van der Waals surface area (Å²) in [5.41, 5.74) is -0.533. The number of alkyl carbamates (subject to hydrolysis) is 1. The van der Waals surface area contributed by atoms with Crippen LogP contribution in [0.5, 0.6) is 0 Å². The summed E-state index contributed by atoms with van der Waals surface area (Å²) in [7, 11) is 0. The number of hydrogen-bond donors (Lipinski definition) is 2. The van der Waals surface area contributed by atoms with Crippen molar-refractivity contribution in [3.8, 4) is 0 Å². The Morgan fingerprint density at radius 3 is 2.50 bits per heavy atom. The molecule has 1 aliphatic heterocycles. The average Bonchev–Trinajstić information content (AvgIpc) is 2.48. The molecule has 1 rings (SSSR count). The zero-order valence-electron chi connectivity index (χ0n) is 9.82. The van der Waals surface area contributed by atoms with Crippen LogP contribution in [0.25, 0.3) is 0 Å². The molecule has 1 atom stereocenters. The van der Waals surface area contributed by atoms with Crippen LogP contribution < -0.4 is 5.32 Å². The van der Waals surface area contributed by atoms with Crippen molar-refractivity contribution in [1.29, 1.82) is 0 Å². The van der Waals surface area contributed by atoms with E-state index >= 15 is 0 Å². The molecule has 1 aliphatic rings. The van der Waals surface area contributed by atoms with Crippen molar-refractivity contribution in [1.82, 2.24) is 10.2 Å². The molecule has 0 saturated carbocycles. The second-order valence-corrected chi connectivity index (χ2v) is 4.86. The van der Waals surface area contributed by atoms with Crippen molar-refractivity contribution in [3.63, 3.8) is 0 Å². The van der Waals surface area contributed by atoms with Gasteiger partial charge >= 0.3 is 12.2 Å². The number of ether oxygens (including phenoxy) is 1. The standard InChI is InChI=1S/C10H18N2O4/c1-10(2,3)16-8(13)11-7-4-5-12(6-7)9(14)15/h7H,4-6H2,1-3H3,(H,11,13)(H,14,15). The molecule has 0 aromatic rings. The van der Waals surface area contributed by atoms with Crippen LogP contribution in [0.1, 0.15) is 27.2 Å². The molecule has 2 amide bonds. The van der Waals surface area contributed by atoms with E-state index < -0.39 is 17.8 Å². The minimum Gasteiger partial charge on any atom is -0.465 e. The zero-order valence-corrected chi connectivity index (χ0v) is 9.82. The number of carbonyl (C=O) groups is 2. The van der Waals surface area contributed by atoms with Crippen LogP contribution in [-0.4, -0.2) is 46.9 Å². The quantitative estimate of drug-likeness (QED) is 0.710. The predicted octanol–water partition coefficient (Wildman–Crippen LogP) is 1.26.